The van der Waals surface area contributed by atoms with Gasteiger partial charge in [0, 0.05) is 12.0 Å². The number of ether oxygens (including phenoxy) is 1. The molecule has 1 aromatic heterocycles. The number of fused-ring (bicyclic) bond motifs is 1. The summed E-state index contributed by atoms with van der Waals surface area (Å²) < 4.78 is 5.48. The number of nitrogens with one attached hydrogen (secondary N) is 2. The van der Waals surface area contributed by atoms with E-state index in [2.05, 4.69) is 41.4 Å². The maximum Gasteiger partial charge on any atom is 0.408 e. The third-order valence-corrected chi connectivity index (χ3v) is 5.26. The number of hydrogen-bond acceptors (Lipinski definition) is 3. The zero-order valence-corrected chi connectivity index (χ0v) is 20.2. The molecule has 1 heterocycles. The van der Waals surface area contributed by atoms with Crippen LogP contribution >= 0.6 is 0 Å². The average molecular weight is 434 g/mol. The van der Waals surface area contributed by atoms with E-state index in [1.54, 1.807) is 0 Å². The number of rotatable bonds is 4. The van der Waals surface area contributed by atoms with Gasteiger partial charge in [0.2, 0.25) is 0 Å². The smallest absolute Gasteiger partial charge is 0.408 e. The summed E-state index contributed by atoms with van der Waals surface area (Å²) in [7, 11) is -1.45. The maximum atomic E-state index is 12.5. The summed E-state index contributed by atoms with van der Waals surface area (Å²) in [5.41, 5.74) is 6.64. The van der Waals surface area contributed by atoms with Crippen molar-refractivity contribution < 1.29 is 9.53 Å². The van der Waals surface area contributed by atoms with Gasteiger partial charge in [-0.05, 0) is 44.5 Å². The van der Waals surface area contributed by atoms with Crippen molar-refractivity contribution in [2.75, 3.05) is 0 Å². The molecule has 0 saturated heterocycles. The summed E-state index contributed by atoms with van der Waals surface area (Å²) in [6.45, 7) is 12.2. The van der Waals surface area contributed by atoms with Crippen LogP contribution in [0.15, 0.2) is 48.5 Å². The van der Waals surface area contributed by atoms with Gasteiger partial charge in [-0.1, -0.05) is 55.9 Å². The van der Waals surface area contributed by atoms with E-state index in [0.29, 0.717) is 12.2 Å². The zero-order valence-electron chi connectivity index (χ0n) is 19.2. The lowest BCUT2D eigenvalue weighted by Gasteiger charge is -2.23. The first-order valence-corrected chi connectivity index (χ1v) is 14.0. The van der Waals surface area contributed by atoms with Crippen LogP contribution in [0.5, 0.6) is 0 Å². The van der Waals surface area contributed by atoms with Crippen molar-refractivity contribution in [1.29, 1.82) is 0 Å². The fraction of sp³-hybridized carbons (Fsp3) is 0.360. The number of nitrogens with zero attached hydrogens (tertiary/aromatic N) is 1. The van der Waals surface area contributed by atoms with Crippen LogP contribution in [0.3, 0.4) is 0 Å². The number of carbonyl (C=O) groups is 1. The Morgan fingerprint density at radius 2 is 1.87 bits per heavy atom. The van der Waals surface area contributed by atoms with E-state index < -0.39 is 19.8 Å². The Balaban J connectivity index is 1.91. The molecule has 1 amide bonds. The highest BCUT2D eigenvalue weighted by molar-refractivity contribution is 6.83. The third-order valence-electron chi connectivity index (χ3n) is 4.39. The Labute approximate surface area is 185 Å². The molecule has 31 heavy (non-hydrogen) atoms. The first-order chi connectivity index (χ1) is 14.5. The normalized spacial score (nSPS) is 12.7. The van der Waals surface area contributed by atoms with Crippen LogP contribution in [-0.2, 0) is 11.2 Å². The second-order valence-electron chi connectivity index (χ2n) is 9.74. The average Bonchev–Trinajstić information content (AvgIpc) is 3.08. The highest BCUT2D eigenvalue weighted by atomic mass is 28.3. The van der Waals surface area contributed by atoms with Gasteiger partial charge in [-0.3, -0.25) is 0 Å². The molecule has 0 aliphatic rings. The van der Waals surface area contributed by atoms with Crippen LogP contribution < -0.4 is 5.32 Å². The van der Waals surface area contributed by atoms with Crippen molar-refractivity contribution in [1.82, 2.24) is 15.3 Å². The first-order valence-electron chi connectivity index (χ1n) is 10.5. The van der Waals surface area contributed by atoms with Gasteiger partial charge >= 0.3 is 6.09 Å². The zero-order chi connectivity index (χ0) is 22.6. The lowest BCUT2D eigenvalue weighted by molar-refractivity contribution is 0.0501. The number of imidazole rings is 1. The molecule has 0 radical (unpaired) electrons. The van der Waals surface area contributed by atoms with E-state index in [1.165, 1.54) is 0 Å². The molecule has 0 unspecified atom stereocenters. The fourth-order valence-electron chi connectivity index (χ4n) is 3.05. The predicted octanol–water partition coefficient (Wildman–Crippen LogP) is 5.60. The monoisotopic (exact) mass is 433 g/mol. The minimum absolute atomic E-state index is 0.346. The molecule has 0 fully saturated rings. The second kappa shape index (κ2) is 8.99. The number of aromatic amines is 1. The molecule has 5 nitrogen and oxygen atoms in total. The predicted molar refractivity (Wildman–Crippen MR) is 129 cm³/mol. The maximum absolute atomic E-state index is 12.5. The number of benzene rings is 2. The van der Waals surface area contributed by atoms with Crippen LogP contribution in [0.2, 0.25) is 19.6 Å². The molecule has 3 aromatic rings. The van der Waals surface area contributed by atoms with Gasteiger partial charge in [0.1, 0.15) is 19.5 Å². The van der Waals surface area contributed by atoms with Gasteiger partial charge in [0.15, 0.2) is 0 Å². The van der Waals surface area contributed by atoms with Crippen LogP contribution in [0.1, 0.15) is 43.8 Å². The van der Waals surface area contributed by atoms with Crippen molar-refractivity contribution in [2.45, 2.75) is 58.5 Å². The molecule has 6 heteroatoms. The molecular weight excluding hydrogens is 402 g/mol. The fourth-order valence-corrected chi connectivity index (χ4v) is 3.57. The summed E-state index contributed by atoms with van der Waals surface area (Å²) in [6.07, 6.45) is 0.137. The summed E-state index contributed by atoms with van der Waals surface area (Å²) in [5, 5.41) is 2.98. The van der Waals surface area contributed by atoms with E-state index >= 15 is 0 Å². The van der Waals surface area contributed by atoms with E-state index in [0.717, 1.165) is 22.2 Å². The molecule has 0 spiro atoms. The Morgan fingerprint density at radius 1 is 1.16 bits per heavy atom. The molecular formula is C25H31N3O2Si. The summed E-state index contributed by atoms with van der Waals surface area (Å²) in [6, 6.07) is 15.7. The molecule has 1 atom stereocenters. The summed E-state index contributed by atoms with van der Waals surface area (Å²) >= 11 is 0. The topological polar surface area (TPSA) is 67.0 Å². The number of aromatic nitrogens is 2. The van der Waals surface area contributed by atoms with E-state index in [9.17, 15) is 4.79 Å². The largest absolute Gasteiger partial charge is 0.444 e. The number of hydrogen-bond donors (Lipinski definition) is 2. The van der Waals surface area contributed by atoms with E-state index in [4.69, 9.17) is 9.72 Å². The Morgan fingerprint density at radius 3 is 2.52 bits per heavy atom. The summed E-state index contributed by atoms with van der Waals surface area (Å²) in [5.74, 6) is 3.98. The van der Waals surface area contributed by atoms with Crippen molar-refractivity contribution in [3.05, 3.63) is 65.5 Å². The highest BCUT2D eigenvalue weighted by Crippen LogP contribution is 2.21. The lowest BCUT2D eigenvalue weighted by atomic mass is 10.1. The van der Waals surface area contributed by atoms with Crippen molar-refractivity contribution in [3.8, 4) is 11.5 Å². The minimum atomic E-state index is -1.45. The summed E-state index contributed by atoms with van der Waals surface area (Å²) in [4.78, 5) is 20.6. The number of carbonyl (C=O) groups excluding carboxylic acids is 1. The van der Waals surface area contributed by atoms with E-state index in [1.807, 2.05) is 69.3 Å². The van der Waals surface area contributed by atoms with Gasteiger partial charge < -0.3 is 15.0 Å². The lowest BCUT2D eigenvalue weighted by Crippen LogP contribution is -2.36. The van der Waals surface area contributed by atoms with Gasteiger partial charge in [0.25, 0.3) is 0 Å². The Hall–Kier alpha value is -3.04. The second-order valence-corrected chi connectivity index (χ2v) is 14.5. The molecule has 162 valence electrons. The number of alkyl carbamates (subject to hydrolysis) is 1. The first kappa shape index (κ1) is 22.6. The van der Waals surface area contributed by atoms with Crippen molar-refractivity contribution >= 4 is 25.2 Å². The molecule has 0 aliphatic carbocycles. The van der Waals surface area contributed by atoms with Gasteiger partial charge in [-0.2, -0.15) is 0 Å². The number of amides is 1. The number of H-pyrrole nitrogens is 1. The van der Waals surface area contributed by atoms with Crippen molar-refractivity contribution in [3.63, 3.8) is 0 Å². The van der Waals surface area contributed by atoms with Crippen LogP contribution in [-0.4, -0.2) is 29.7 Å². The third kappa shape index (κ3) is 7.01. The Bertz CT molecular complexity index is 1110. The van der Waals surface area contributed by atoms with Gasteiger partial charge in [0.05, 0.1) is 17.1 Å². The van der Waals surface area contributed by atoms with Gasteiger partial charge in [-0.25, -0.2) is 9.78 Å². The molecule has 2 N–H and O–H groups in total. The van der Waals surface area contributed by atoms with Crippen LogP contribution in [0.4, 0.5) is 4.79 Å². The molecule has 0 bridgehead atoms. The quantitative estimate of drug-likeness (QED) is 0.416. The molecule has 3 rings (SSSR count). The highest BCUT2D eigenvalue weighted by Gasteiger charge is 2.23. The van der Waals surface area contributed by atoms with Crippen LogP contribution in [0, 0.1) is 11.5 Å². The molecule has 0 saturated carbocycles. The molecule has 2 aromatic carbocycles. The van der Waals surface area contributed by atoms with E-state index in [-0.39, 0.29) is 6.04 Å². The minimum Gasteiger partial charge on any atom is -0.444 e. The SMILES string of the molecule is CC(C)(C)OC(=O)N[C@@H](Cc1ccccc1)c1nc2ccc(C#C[Si](C)(C)C)cc2[nH]1. The molecule has 0 aliphatic heterocycles. The van der Waals surface area contributed by atoms with Crippen LogP contribution in [0.25, 0.3) is 11.0 Å². The Kier molecular flexibility index (Phi) is 6.56. The standard InChI is InChI=1S/C25H31N3O2Si/c1-25(2,3)30-24(29)28-22(17-18-10-8-7-9-11-18)23-26-20-13-12-19(16-21(20)27-23)14-15-31(4,5)6/h7-13,16,22H,17H2,1-6H3,(H,26,27)(H,28,29)/t22-/m0/s1. The van der Waals surface area contributed by atoms with Gasteiger partial charge in [-0.15, -0.1) is 5.54 Å². The van der Waals surface area contributed by atoms with Crippen molar-refractivity contribution in [2.24, 2.45) is 0 Å².